The number of benzene rings is 1. The van der Waals surface area contributed by atoms with Crippen molar-refractivity contribution in [2.45, 2.75) is 18.9 Å². The molecule has 4 heterocycles. The van der Waals surface area contributed by atoms with Gasteiger partial charge in [-0.15, -0.1) is 11.3 Å². The van der Waals surface area contributed by atoms with Crippen molar-refractivity contribution in [3.05, 3.63) is 98.0 Å². The molecule has 2 bridgehead atoms. The standard InChI is InChI=1S/C25H22FN3O3S/c26-19-8-6-17(7-9-19)24(31)27-21(12-20-3-2-10-33-20)25(32)28-13-16-11-18(15-28)22-4-1-5-23(30)29(22)14-16/h1-10,12,16,18H,11,13-15H2,(H,27,31)/b21-12-/t16-,18+/m1/s1. The predicted octanol–water partition coefficient (Wildman–Crippen LogP) is 3.47. The SMILES string of the molecule is O=C(N/C(=C\c1cccs1)C(=O)N1C[C@H]2C[C@@H](C1)c1cccc(=O)n1C2)c1ccc(F)cc1. The Bertz CT molecular complexity index is 1280. The number of pyridine rings is 1. The number of fused-ring (bicyclic) bond motifs is 4. The lowest BCUT2D eigenvalue weighted by atomic mass is 9.83. The third-order valence-electron chi connectivity index (χ3n) is 6.18. The third-order valence-corrected chi connectivity index (χ3v) is 7.00. The molecule has 168 valence electrons. The molecule has 1 fully saturated rings. The normalized spacial score (nSPS) is 19.7. The van der Waals surface area contributed by atoms with Crippen LogP contribution < -0.4 is 10.9 Å². The Morgan fingerprint density at radius 2 is 1.85 bits per heavy atom. The van der Waals surface area contributed by atoms with E-state index in [4.69, 9.17) is 0 Å². The summed E-state index contributed by atoms with van der Waals surface area (Å²) >= 11 is 1.46. The molecule has 2 aliphatic heterocycles. The minimum atomic E-state index is -0.472. The number of rotatable bonds is 4. The van der Waals surface area contributed by atoms with Gasteiger partial charge in [-0.25, -0.2) is 4.39 Å². The molecule has 3 aromatic rings. The topological polar surface area (TPSA) is 71.4 Å². The lowest BCUT2D eigenvalue weighted by Crippen LogP contribution is -2.50. The molecule has 0 radical (unpaired) electrons. The molecule has 2 aromatic heterocycles. The highest BCUT2D eigenvalue weighted by Crippen LogP contribution is 2.35. The van der Waals surface area contributed by atoms with Crippen LogP contribution in [0.25, 0.3) is 6.08 Å². The largest absolute Gasteiger partial charge is 0.336 e. The molecule has 5 rings (SSSR count). The summed E-state index contributed by atoms with van der Waals surface area (Å²) in [5, 5.41) is 4.64. The molecule has 33 heavy (non-hydrogen) atoms. The van der Waals surface area contributed by atoms with Gasteiger partial charge in [0, 0.05) is 47.8 Å². The van der Waals surface area contributed by atoms with E-state index in [0.717, 1.165) is 17.0 Å². The first-order valence-electron chi connectivity index (χ1n) is 10.8. The fraction of sp³-hybridized carbons (Fsp3) is 0.240. The molecule has 0 saturated carbocycles. The van der Waals surface area contributed by atoms with Crippen molar-refractivity contribution in [1.82, 2.24) is 14.8 Å². The van der Waals surface area contributed by atoms with E-state index in [1.165, 1.54) is 35.6 Å². The van der Waals surface area contributed by atoms with Gasteiger partial charge in [0.2, 0.25) is 0 Å². The average molecular weight is 464 g/mol. The molecule has 0 aliphatic carbocycles. The Hall–Kier alpha value is -3.52. The van der Waals surface area contributed by atoms with E-state index in [0.29, 0.717) is 19.6 Å². The molecular formula is C25H22FN3O3S. The van der Waals surface area contributed by atoms with Crippen LogP contribution in [0.3, 0.4) is 0 Å². The fourth-order valence-corrected chi connectivity index (χ4v) is 5.35. The zero-order valence-corrected chi connectivity index (χ0v) is 18.6. The number of likely N-dealkylation sites (tertiary alicyclic amines) is 1. The van der Waals surface area contributed by atoms with Crippen LogP contribution in [0.5, 0.6) is 0 Å². The Labute approximate surface area is 194 Å². The van der Waals surface area contributed by atoms with E-state index < -0.39 is 11.7 Å². The van der Waals surface area contributed by atoms with E-state index in [-0.39, 0.29) is 34.6 Å². The van der Waals surface area contributed by atoms with E-state index >= 15 is 0 Å². The first-order chi connectivity index (χ1) is 16.0. The molecule has 2 amide bonds. The van der Waals surface area contributed by atoms with E-state index in [1.807, 2.05) is 28.1 Å². The molecule has 6 nitrogen and oxygen atoms in total. The van der Waals surface area contributed by atoms with Crippen LogP contribution in [0.15, 0.2) is 70.5 Å². The zero-order valence-electron chi connectivity index (χ0n) is 17.7. The lowest BCUT2D eigenvalue weighted by molar-refractivity contribution is -0.130. The van der Waals surface area contributed by atoms with Crippen LogP contribution in [0.4, 0.5) is 4.39 Å². The van der Waals surface area contributed by atoms with Gasteiger partial charge in [0.25, 0.3) is 17.4 Å². The number of nitrogens with zero attached hydrogens (tertiary/aromatic N) is 2. The van der Waals surface area contributed by atoms with Crippen molar-refractivity contribution >= 4 is 29.2 Å². The first kappa shape index (κ1) is 21.3. The number of piperidine rings is 1. The third kappa shape index (κ3) is 4.39. The number of nitrogens with one attached hydrogen (secondary N) is 1. The number of halogens is 1. The maximum atomic E-state index is 13.6. The highest BCUT2D eigenvalue weighted by molar-refractivity contribution is 7.10. The Morgan fingerprint density at radius 1 is 1.03 bits per heavy atom. The Kier molecular flexibility index (Phi) is 5.68. The quantitative estimate of drug-likeness (QED) is 0.603. The minimum Gasteiger partial charge on any atom is -0.336 e. The van der Waals surface area contributed by atoms with E-state index in [1.54, 1.807) is 23.1 Å². The van der Waals surface area contributed by atoms with Crippen molar-refractivity contribution < 1.29 is 14.0 Å². The van der Waals surface area contributed by atoms with Crippen molar-refractivity contribution in [2.75, 3.05) is 13.1 Å². The van der Waals surface area contributed by atoms with Crippen molar-refractivity contribution in [3.8, 4) is 0 Å². The highest BCUT2D eigenvalue weighted by atomic mass is 32.1. The molecule has 2 atom stereocenters. The van der Waals surface area contributed by atoms with Gasteiger partial charge in [0.05, 0.1) is 0 Å². The van der Waals surface area contributed by atoms with Gasteiger partial charge < -0.3 is 14.8 Å². The first-order valence-corrected chi connectivity index (χ1v) is 11.7. The summed E-state index contributed by atoms with van der Waals surface area (Å²) in [7, 11) is 0. The second-order valence-corrected chi connectivity index (χ2v) is 9.42. The van der Waals surface area contributed by atoms with Crippen LogP contribution >= 0.6 is 11.3 Å². The fourth-order valence-electron chi connectivity index (χ4n) is 4.70. The van der Waals surface area contributed by atoms with Gasteiger partial charge in [0.1, 0.15) is 11.5 Å². The number of carbonyl (C=O) groups is 2. The van der Waals surface area contributed by atoms with Crippen LogP contribution in [-0.2, 0) is 11.3 Å². The smallest absolute Gasteiger partial charge is 0.270 e. The number of carbonyl (C=O) groups excluding carboxylic acids is 2. The molecule has 1 saturated heterocycles. The van der Waals surface area contributed by atoms with Gasteiger partial charge in [-0.05, 0) is 60.2 Å². The zero-order chi connectivity index (χ0) is 22.9. The molecule has 1 N–H and O–H groups in total. The Balaban J connectivity index is 1.41. The van der Waals surface area contributed by atoms with Gasteiger partial charge in [-0.3, -0.25) is 14.4 Å². The summed E-state index contributed by atoms with van der Waals surface area (Å²) in [5.74, 6) is -0.918. The number of amides is 2. The van der Waals surface area contributed by atoms with Crippen LogP contribution in [-0.4, -0.2) is 34.4 Å². The second-order valence-electron chi connectivity index (χ2n) is 8.44. The predicted molar refractivity (Wildman–Crippen MR) is 124 cm³/mol. The Morgan fingerprint density at radius 3 is 2.61 bits per heavy atom. The number of thiophene rings is 1. The monoisotopic (exact) mass is 463 g/mol. The summed E-state index contributed by atoms with van der Waals surface area (Å²) in [6.07, 6.45) is 2.61. The van der Waals surface area contributed by atoms with E-state index in [2.05, 4.69) is 5.32 Å². The summed E-state index contributed by atoms with van der Waals surface area (Å²) in [6.45, 7) is 1.58. The van der Waals surface area contributed by atoms with Gasteiger partial charge >= 0.3 is 0 Å². The maximum absolute atomic E-state index is 13.6. The van der Waals surface area contributed by atoms with Crippen LogP contribution in [0, 0.1) is 11.7 Å². The number of hydrogen-bond acceptors (Lipinski definition) is 4. The number of aromatic nitrogens is 1. The lowest BCUT2D eigenvalue weighted by Gasteiger charge is -2.43. The highest BCUT2D eigenvalue weighted by Gasteiger charge is 2.37. The van der Waals surface area contributed by atoms with Gasteiger partial charge in [-0.2, -0.15) is 0 Å². The summed E-state index contributed by atoms with van der Waals surface area (Å²) in [4.78, 5) is 41.3. The van der Waals surface area contributed by atoms with Gasteiger partial charge in [-0.1, -0.05) is 12.1 Å². The molecule has 0 spiro atoms. The van der Waals surface area contributed by atoms with Crippen molar-refractivity contribution in [1.29, 1.82) is 0 Å². The molecule has 1 aromatic carbocycles. The summed E-state index contributed by atoms with van der Waals surface area (Å²) in [5.41, 5.74) is 1.39. The van der Waals surface area contributed by atoms with Crippen LogP contribution in [0.2, 0.25) is 0 Å². The van der Waals surface area contributed by atoms with E-state index in [9.17, 15) is 18.8 Å². The molecule has 8 heteroatoms. The maximum Gasteiger partial charge on any atom is 0.270 e. The average Bonchev–Trinajstić information content (AvgIpc) is 3.32. The molecule has 0 unspecified atom stereocenters. The van der Waals surface area contributed by atoms with Gasteiger partial charge in [0.15, 0.2) is 0 Å². The number of hydrogen-bond donors (Lipinski definition) is 1. The summed E-state index contributed by atoms with van der Waals surface area (Å²) < 4.78 is 15.1. The molecular weight excluding hydrogens is 441 g/mol. The van der Waals surface area contributed by atoms with Crippen molar-refractivity contribution in [2.24, 2.45) is 5.92 Å². The van der Waals surface area contributed by atoms with Crippen molar-refractivity contribution in [3.63, 3.8) is 0 Å². The van der Waals surface area contributed by atoms with Crippen LogP contribution in [0.1, 0.15) is 33.3 Å². The molecule has 2 aliphatic rings. The summed E-state index contributed by atoms with van der Waals surface area (Å²) in [6, 6.07) is 14.2. The minimum absolute atomic E-state index is 0.00758. The second kappa shape index (κ2) is 8.78.